The lowest BCUT2D eigenvalue weighted by Gasteiger charge is -2.42. The van der Waals surface area contributed by atoms with Gasteiger partial charge in [-0.05, 0) is 50.9 Å². The van der Waals surface area contributed by atoms with E-state index in [0.717, 1.165) is 57.6 Å². The molecular weight excluding hydrogens is 456 g/mol. The van der Waals surface area contributed by atoms with Crippen molar-refractivity contribution in [3.05, 3.63) is 78.9 Å². The zero-order chi connectivity index (χ0) is 25.4. The molecule has 0 radical (unpaired) electrons. The van der Waals surface area contributed by atoms with Gasteiger partial charge in [0.15, 0.2) is 0 Å². The molecule has 0 saturated heterocycles. The Morgan fingerprint density at radius 2 is 1.68 bits per heavy atom. The molecule has 37 heavy (non-hydrogen) atoms. The lowest BCUT2D eigenvalue weighted by molar-refractivity contribution is 0.105. The van der Waals surface area contributed by atoms with Crippen LogP contribution in [0.3, 0.4) is 0 Å². The molecule has 1 aliphatic carbocycles. The zero-order valence-corrected chi connectivity index (χ0v) is 21.6. The summed E-state index contributed by atoms with van der Waals surface area (Å²) in [4.78, 5) is 17.3. The van der Waals surface area contributed by atoms with Crippen LogP contribution in [0.15, 0.2) is 73.1 Å². The molecule has 1 saturated carbocycles. The van der Waals surface area contributed by atoms with Crippen LogP contribution in [0.1, 0.15) is 51.3 Å². The third-order valence-electron chi connectivity index (χ3n) is 7.66. The molecular formula is C31H34N6. The summed E-state index contributed by atoms with van der Waals surface area (Å²) in [5.74, 6) is 2.03. The van der Waals surface area contributed by atoms with Crippen molar-refractivity contribution < 1.29 is 0 Å². The number of nitrogen functional groups attached to an aromatic ring is 1. The minimum Gasteiger partial charge on any atom is -0.382 e. The summed E-state index contributed by atoms with van der Waals surface area (Å²) < 4.78 is 2.17. The minimum absolute atomic E-state index is 0.424. The van der Waals surface area contributed by atoms with Gasteiger partial charge in [0.05, 0.1) is 11.2 Å². The number of benzene rings is 2. The Morgan fingerprint density at radius 3 is 2.43 bits per heavy atom. The van der Waals surface area contributed by atoms with Gasteiger partial charge in [-0.2, -0.15) is 0 Å². The molecule has 5 aromatic rings. The molecule has 3 heterocycles. The molecule has 3 aromatic heterocycles. The summed E-state index contributed by atoms with van der Waals surface area (Å²) in [6.07, 6.45) is 8.46. The highest BCUT2D eigenvalue weighted by atomic mass is 15.2. The zero-order valence-electron chi connectivity index (χ0n) is 21.6. The summed E-state index contributed by atoms with van der Waals surface area (Å²) in [5, 5.41) is 1.10. The Morgan fingerprint density at radius 1 is 0.919 bits per heavy atom. The van der Waals surface area contributed by atoms with Crippen molar-refractivity contribution in [3.63, 3.8) is 0 Å². The molecule has 2 N–H and O–H groups in total. The lowest BCUT2D eigenvalue weighted by Crippen LogP contribution is -2.45. The summed E-state index contributed by atoms with van der Waals surface area (Å²) in [6, 6.07) is 21.5. The van der Waals surface area contributed by atoms with Crippen LogP contribution in [0.5, 0.6) is 0 Å². The maximum Gasteiger partial charge on any atom is 0.150 e. The predicted octanol–water partition coefficient (Wildman–Crippen LogP) is 6.56. The summed E-state index contributed by atoms with van der Waals surface area (Å²) in [7, 11) is 0. The number of nitrogens with zero attached hydrogens (tertiary/aromatic N) is 5. The number of imidazole rings is 1. The molecule has 0 atom stereocenters. The Hall–Kier alpha value is -3.77. The van der Waals surface area contributed by atoms with Gasteiger partial charge in [0.25, 0.3) is 0 Å². The van der Waals surface area contributed by atoms with Crippen LogP contribution in [0.25, 0.3) is 38.9 Å². The first-order chi connectivity index (χ1) is 18.2. The van der Waals surface area contributed by atoms with Gasteiger partial charge in [-0.3, -0.25) is 4.40 Å². The van der Waals surface area contributed by atoms with Crippen LogP contribution in [-0.4, -0.2) is 43.4 Å². The van der Waals surface area contributed by atoms with Crippen molar-refractivity contribution in [3.8, 4) is 22.5 Å². The number of aromatic nitrogens is 4. The van der Waals surface area contributed by atoms with Crippen molar-refractivity contribution in [1.29, 1.82) is 0 Å². The van der Waals surface area contributed by atoms with Crippen LogP contribution in [0.2, 0.25) is 0 Å². The second kappa shape index (κ2) is 9.94. The Bertz CT molecular complexity index is 1530. The van der Waals surface area contributed by atoms with Crippen LogP contribution in [0.4, 0.5) is 5.82 Å². The molecule has 2 aromatic carbocycles. The SMILES string of the molecule is CCCN(CCC)C1CC(c2nc(-c3ccc4ccc(-c5ccccc5)nc4c3)c3c(N)nccn23)C1. The van der Waals surface area contributed by atoms with E-state index >= 15 is 0 Å². The first-order valence-electron chi connectivity index (χ1n) is 13.5. The molecule has 0 unspecified atom stereocenters. The van der Waals surface area contributed by atoms with E-state index in [0.29, 0.717) is 17.8 Å². The highest BCUT2D eigenvalue weighted by Crippen LogP contribution is 2.42. The Balaban J connectivity index is 1.38. The maximum atomic E-state index is 6.44. The molecule has 0 aliphatic heterocycles. The van der Waals surface area contributed by atoms with Crippen LogP contribution >= 0.6 is 0 Å². The standard InChI is InChI=1S/C31H34N6/c1-3-15-36(16-4-2)25-18-24(19-25)31-35-28(29-30(32)33-14-17-37(29)31)23-11-10-22-12-13-26(34-27(22)20-23)21-8-6-5-7-9-21/h5-14,17,20,24-25H,3-4,15-16,18-19H2,1-2H3,(H2,32,33). The third kappa shape index (κ3) is 4.36. The number of fused-ring (bicyclic) bond motifs is 2. The normalized spacial score (nSPS) is 17.5. The third-order valence-corrected chi connectivity index (χ3v) is 7.66. The van der Waals surface area contributed by atoms with Gasteiger partial charge < -0.3 is 10.6 Å². The van der Waals surface area contributed by atoms with Crippen molar-refractivity contribution in [2.45, 2.75) is 51.5 Å². The number of anilines is 1. The van der Waals surface area contributed by atoms with E-state index in [1.807, 2.05) is 24.4 Å². The average Bonchev–Trinajstić information content (AvgIpc) is 3.28. The Kier molecular flexibility index (Phi) is 6.35. The fourth-order valence-electron chi connectivity index (χ4n) is 5.76. The van der Waals surface area contributed by atoms with Gasteiger partial charge in [-0.15, -0.1) is 0 Å². The van der Waals surface area contributed by atoms with Gasteiger partial charge in [0.2, 0.25) is 0 Å². The average molecular weight is 491 g/mol. The number of hydrogen-bond donors (Lipinski definition) is 1. The van der Waals surface area contributed by atoms with E-state index in [2.05, 4.69) is 70.6 Å². The van der Waals surface area contributed by atoms with E-state index in [1.54, 1.807) is 6.20 Å². The van der Waals surface area contributed by atoms with Crippen LogP contribution in [0, 0.1) is 0 Å². The fourth-order valence-corrected chi connectivity index (χ4v) is 5.76. The number of rotatable bonds is 8. The van der Waals surface area contributed by atoms with Crippen molar-refractivity contribution >= 4 is 22.2 Å². The first kappa shape index (κ1) is 23.6. The molecule has 6 heteroatoms. The topological polar surface area (TPSA) is 72.3 Å². The molecule has 0 spiro atoms. The largest absolute Gasteiger partial charge is 0.382 e. The summed E-state index contributed by atoms with van der Waals surface area (Å²) >= 11 is 0. The summed E-state index contributed by atoms with van der Waals surface area (Å²) in [6.45, 7) is 6.88. The number of pyridine rings is 1. The van der Waals surface area contributed by atoms with Gasteiger partial charge in [0.1, 0.15) is 22.9 Å². The van der Waals surface area contributed by atoms with Crippen molar-refractivity contribution in [1.82, 2.24) is 24.3 Å². The van der Waals surface area contributed by atoms with E-state index in [4.69, 9.17) is 15.7 Å². The fraction of sp³-hybridized carbons (Fsp3) is 0.323. The molecule has 0 bridgehead atoms. The number of hydrogen-bond acceptors (Lipinski definition) is 5. The van der Waals surface area contributed by atoms with E-state index in [1.165, 1.54) is 25.9 Å². The number of nitrogens with two attached hydrogens (primary N) is 1. The molecule has 1 aliphatic rings. The van der Waals surface area contributed by atoms with Crippen LogP contribution < -0.4 is 5.73 Å². The molecule has 6 rings (SSSR count). The maximum absolute atomic E-state index is 6.44. The molecule has 1 fully saturated rings. The molecule has 6 nitrogen and oxygen atoms in total. The quantitative estimate of drug-likeness (QED) is 0.267. The van der Waals surface area contributed by atoms with E-state index in [9.17, 15) is 0 Å². The van der Waals surface area contributed by atoms with Crippen molar-refractivity contribution in [2.75, 3.05) is 18.8 Å². The van der Waals surface area contributed by atoms with E-state index < -0.39 is 0 Å². The highest BCUT2D eigenvalue weighted by molar-refractivity contribution is 5.91. The second-order valence-corrected chi connectivity index (χ2v) is 10.2. The van der Waals surface area contributed by atoms with Crippen LogP contribution in [-0.2, 0) is 0 Å². The van der Waals surface area contributed by atoms with Crippen molar-refractivity contribution in [2.24, 2.45) is 0 Å². The van der Waals surface area contributed by atoms with Gasteiger partial charge in [-0.1, -0.05) is 62.4 Å². The molecule has 0 amide bonds. The lowest BCUT2D eigenvalue weighted by atomic mass is 9.78. The first-order valence-corrected chi connectivity index (χ1v) is 13.5. The van der Waals surface area contributed by atoms with Gasteiger partial charge in [0, 0.05) is 40.9 Å². The van der Waals surface area contributed by atoms with Gasteiger partial charge >= 0.3 is 0 Å². The smallest absolute Gasteiger partial charge is 0.150 e. The minimum atomic E-state index is 0.424. The van der Waals surface area contributed by atoms with E-state index in [-0.39, 0.29) is 0 Å². The predicted molar refractivity (Wildman–Crippen MR) is 151 cm³/mol. The Labute approximate surface area is 218 Å². The monoisotopic (exact) mass is 490 g/mol. The highest BCUT2D eigenvalue weighted by Gasteiger charge is 2.37. The van der Waals surface area contributed by atoms with Gasteiger partial charge in [-0.25, -0.2) is 15.0 Å². The summed E-state index contributed by atoms with van der Waals surface area (Å²) in [5.41, 5.74) is 12.2. The molecule has 188 valence electrons. The second-order valence-electron chi connectivity index (χ2n) is 10.2.